The average Bonchev–Trinajstić information content (AvgIpc) is 2.84. The van der Waals surface area contributed by atoms with Crippen molar-refractivity contribution in [2.75, 3.05) is 65.8 Å². The van der Waals surface area contributed by atoms with Crippen molar-refractivity contribution >= 4 is 20.0 Å². The zero-order valence-corrected chi connectivity index (χ0v) is 20.0. The molecule has 2 aromatic rings. The summed E-state index contributed by atoms with van der Waals surface area (Å²) in [6.07, 6.45) is 0. The summed E-state index contributed by atoms with van der Waals surface area (Å²) in [6.45, 7) is 1.84. The Morgan fingerprint density at radius 2 is 0.788 bits per heavy atom. The van der Waals surface area contributed by atoms with Gasteiger partial charge in [-0.3, -0.25) is 0 Å². The lowest BCUT2D eigenvalue weighted by Crippen LogP contribution is -2.38. The van der Waals surface area contributed by atoms with E-state index in [1.165, 1.54) is 8.61 Å². The van der Waals surface area contributed by atoms with Crippen LogP contribution in [0.25, 0.3) is 0 Å². The van der Waals surface area contributed by atoms with Gasteiger partial charge in [0.1, 0.15) is 0 Å². The molecule has 0 radical (unpaired) electrons. The third kappa shape index (κ3) is 7.31. The van der Waals surface area contributed by atoms with Gasteiger partial charge in [0.25, 0.3) is 0 Å². The number of sulfonamides is 2. The molecule has 33 heavy (non-hydrogen) atoms. The molecule has 3 rings (SSSR count). The molecule has 1 heterocycles. The number of hydrogen-bond donors (Lipinski definition) is 0. The molecule has 0 unspecified atom stereocenters. The Labute approximate surface area is 196 Å². The number of hydrogen-bond acceptors (Lipinski definition) is 7. The van der Waals surface area contributed by atoms with Gasteiger partial charge >= 0.3 is 0 Å². The molecule has 0 amide bonds. The SMILES string of the molecule is O=S(=O)(c1ccccc1)N1CCOCCOCCN(S(=O)(=O)c2ccccc2)CCOCC1. The molecule has 0 bridgehead atoms. The summed E-state index contributed by atoms with van der Waals surface area (Å²) in [7, 11) is -7.42. The molecule has 1 aliphatic heterocycles. The van der Waals surface area contributed by atoms with Gasteiger partial charge in [0.15, 0.2) is 0 Å². The third-order valence-electron chi connectivity index (χ3n) is 5.07. The molecule has 11 heteroatoms. The van der Waals surface area contributed by atoms with Crippen molar-refractivity contribution in [3.05, 3.63) is 60.7 Å². The van der Waals surface area contributed by atoms with Crippen molar-refractivity contribution in [2.24, 2.45) is 0 Å². The molecule has 1 saturated heterocycles. The predicted molar refractivity (Wildman–Crippen MR) is 123 cm³/mol. The Morgan fingerprint density at radius 1 is 0.485 bits per heavy atom. The van der Waals surface area contributed by atoms with E-state index in [1.807, 2.05) is 0 Å². The lowest BCUT2D eigenvalue weighted by Gasteiger charge is -2.23. The molecule has 1 fully saturated rings. The second kappa shape index (κ2) is 12.6. The van der Waals surface area contributed by atoms with Crippen molar-refractivity contribution in [1.29, 1.82) is 0 Å². The van der Waals surface area contributed by atoms with Gasteiger partial charge in [0.2, 0.25) is 20.0 Å². The molecular formula is C22H30N2O7S2. The highest BCUT2D eigenvalue weighted by atomic mass is 32.2. The van der Waals surface area contributed by atoms with Crippen LogP contribution in [0.15, 0.2) is 70.5 Å². The minimum atomic E-state index is -3.71. The lowest BCUT2D eigenvalue weighted by atomic mass is 10.4. The van der Waals surface area contributed by atoms with E-state index in [9.17, 15) is 16.8 Å². The van der Waals surface area contributed by atoms with Gasteiger partial charge < -0.3 is 14.2 Å². The van der Waals surface area contributed by atoms with Crippen molar-refractivity contribution in [2.45, 2.75) is 9.79 Å². The van der Waals surface area contributed by atoms with E-state index in [0.29, 0.717) is 0 Å². The van der Waals surface area contributed by atoms with Crippen molar-refractivity contribution in [3.63, 3.8) is 0 Å². The molecule has 9 nitrogen and oxygen atoms in total. The highest BCUT2D eigenvalue weighted by Crippen LogP contribution is 2.16. The van der Waals surface area contributed by atoms with Gasteiger partial charge in [-0.1, -0.05) is 36.4 Å². The van der Waals surface area contributed by atoms with E-state index in [0.717, 1.165) is 0 Å². The molecule has 0 atom stereocenters. The fraction of sp³-hybridized carbons (Fsp3) is 0.455. The first-order chi connectivity index (χ1) is 15.9. The standard InChI is InChI=1S/C22H30N2O7S2/c25-32(26,21-7-3-1-4-8-21)23-11-15-29-16-12-24(14-18-31-20-19-30-17-13-23)33(27,28)22-9-5-2-6-10-22/h1-10H,11-20H2. The molecule has 0 N–H and O–H groups in total. The highest BCUT2D eigenvalue weighted by Gasteiger charge is 2.26. The number of benzene rings is 2. The minimum absolute atomic E-state index is 0.127. The average molecular weight is 499 g/mol. The molecule has 182 valence electrons. The van der Waals surface area contributed by atoms with Gasteiger partial charge in [-0.15, -0.1) is 0 Å². The first kappa shape index (κ1) is 25.8. The normalized spacial score (nSPS) is 19.4. The summed E-state index contributed by atoms with van der Waals surface area (Å²) in [5, 5.41) is 0. The second-order valence-corrected chi connectivity index (χ2v) is 11.1. The largest absolute Gasteiger partial charge is 0.379 e. The van der Waals surface area contributed by atoms with Crippen LogP contribution in [0.4, 0.5) is 0 Å². The molecule has 2 aromatic carbocycles. The van der Waals surface area contributed by atoms with Crippen LogP contribution in [0.5, 0.6) is 0 Å². The number of rotatable bonds is 4. The van der Waals surface area contributed by atoms with E-state index >= 15 is 0 Å². The Kier molecular flexibility index (Phi) is 9.80. The smallest absolute Gasteiger partial charge is 0.243 e. The monoisotopic (exact) mass is 498 g/mol. The van der Waals surface area contributed by atoms with Crippen LogP contribution in [0.2, 0.25) is 0 Å². The first-order valence-corrected chi connectivity index (χ1v) is 13.6. The first-order valence-electron chi connectivity index (χ1n) is 10.8. The van der Waals surface area contributed by atoms with Crippen LogP contribution >= 0.6 is 0 Å². The van der Waals surface area contributed by atoms with Crippen LogP contribution in [0, 0.1) is 0 Å². The van der Waals surface area contributed by atoms with Gasteiger partial charge in [0.05, 0.1) is 49.4 Å². The minimum Gasteiger partial charge on any atom is -0.379 e. The van der Waals surface area contributed by atoms with Gasteiger partial charge in [0, 0.05) is 26.2 Å². The fourth-order valence-corrected chi connectivity index (χ4v) is 6.13. The van der Waals surface area contributed by atoms with Crippen molar-refractivity contribution in [1.82, 2.24) is 8.61 Å². The second-order valence-electron chi connectivity index (χ2n) is 7.27. The molecule has 0 aliphatic carbocycles. The van der Waals surface area contributed by atoms with Crippen LogP contribution in [0.3, 0.4) is 0 Å². The van der Waals surface area contributed by atoms with E-state index in [4.69, 9.17) is 14.2 Å². The Bertz CT molecular complexity index is 963. The maximum Gasteiger partial charge on any atom is 0.243 e. The van der Waals surface area contributed by atoms with Gasteiger partial charge in [-0.25, -0.2) is 16.8 Å². The predicted octanol–water partition coefficient (Wildman–Crippen LogP) is 1.43. The van der Waals surface area contributed by atoms with Crippen LogP contribution in [-0.2, 0) is 34.3 Å². The van der Waals surface area contributed by atoms with E-state index in [1.54, 1.807) is 60.7 Å². The van der Waals surface area contributed by atoms with Crippen LogP contribution in [-0.4, -0.2) is 91.3 Å². The maximum atomic E-state index is 13.0. The Morgan fingerprint density at radius 3 is 1.12 bits per heavy atom. The molecule has 1 aliphatic rings. The topological polar surface area (TPSA) is 102 Å². The fourth-order valence-electron chi connectivity index (χ4n) is 3.28. The van der Waals surface area contributed by atoms with E-state index in [2.05, 4.69) is 0 Å². The summed E-state index contributed by atoms with van der Waals surface area (Å²) in [5.74, 6) is 0. The van der Waals surface area contributed by atoms with E-state index < -0.39 is 20.0 Å². The summed E-state index contributed by atoms with van der Waals surface area (Å²) >= 11 is 0. The summed E-state index contributed by atoms with van der Waals surface area (Å²) in [4.78, 5) is 0.401. The molecule has 0 spiro atoms. The zero-order valence-electron chi connectivity index (χ0n) is 18.4. The lowest BCUT2D eigenvalue weighted by molar-refractivity contribution is 0.0421. The summed E-state index contributed by atoms with van der Waals surface area (Å²) in [6, 6.07) is 16.4. The van der Waals surface area contributed by atoms with Crippen LogP contribution < -0.4 is 0 Å². The molecule has 0 saturated carbocycles. The summed E-state index contributed by atoms with van der Waals surface area (Å²) < 4.78 is 71.4. The number of ether oxygens (including phenoxy) is 3. The van der Waals surface area contributed by atoms with Crippen molar-refractivity contribution < 1.29 is 31.0 Å². The van der Waals surface area contributed by atoms with Crippen molar-refractivity contribution in [3.8, 4) is 0 Å². The highest BCUT2D eigenvalue weighted by molar-refractivity contribution is 7.89. The summed E-state index contributed by atoms with van der Waals surface area (Å²) in [5.41, 5.74) is 0. The van der Waals surface area contributed by atoms with Gasteiger partial charge in [-0.2, -0.15) is 8.61 Å². The molecular weight excluding hydrogens is 468 g/mol. The Hall–Kier alpha value is -1.86. The zero-order chi connectivity index (χ0) is 23.6. The third-order valence-corrected chi connectivity index (χ3v) is 8.90. The Balaban J connectivity index is 1.68. The maximum absolute atomic E-state index is 13.0. The molecule has 0 aromatic heterocycles. The quantitative estimate of drug-likeness (QED) is 0.628. The van der Waals surface area contributed by atoms with E-state index in [-0.39, 0.29) is 75.6 Å². The van der Waals surface area contributed by atoms with Crippen LogP contribution in [0.1, 0.15) is 0 Å². The number of nitrogens with zero attached hydrogens (tertiary/aromatic N) is 2. The van der Waals surface area contributed by atoms with Gasteiger partial charge in [-0.05, 0) is 24.3 Å².